The number of pyridine rings is 1. The summed E-state index contributed by atoms with van der Waals surface area (Å²) >= 11 is 5.68. The standard InChI is InChI=1S/C14H11AsClN3O/c16-13-12-7-9(4-5-11(12)14(20)19-18-13)15-8-10-3-1-2-6-17-10/h1-7,15H,8H2,(H,19,20). The molecule has 100 valence electrons. The van der Waals surface area contributed by atoms with E-state index in [0.29, 0.717) is 10.5 Å². The zero-order chi connectivity index (χ0) is 13.9. The van der Waals surface area contributed by atoms with E-state index in [0.717, 1.165) is 16.3 Å². The van der Waals surface area contributed by atoms with Gasteiger partial charge in [-0.25, -0.2) is 0 Å². The number of aromatic nitrogens is 3. The number of H-pyrrole nitrogens is 1. The van der Waals surface area contributed by atoms with Gasteiger partial charge in [0.05, 0.1) is 0 Å². The summed E-state index contributed by atoms with van der Waals surface area (Å²) in [4.78, 5) is 16.0. The third-order valence-electron chi connectivity index (χ3n) is 2.94. The molecule has 1 unspecified atom stereocenters. The topological polar surface area (TPSA) is 58.6 Å². The molecule has 0 fully saturated rings. The Kier molecular flexibility index (Phi) is 3.85. The monoisotopic (exact) mass is 347 g/mol. The first-order chi connectivity index (χ1) is 9.74. The van der Waals surface area contributed by atoms with Crippen molar-refractivity contribution in [2.75, 3.05) is 0 Å². The molecule has 2 aromatic heterocycles. The van der Waals surface area contributed by atoms with Crippen LogP contribution in [0.4, 0.5) is 0 Å². The maximum absolute atomic E-state index is 11.6. The summed E-state index contributed by atoms with van der Waals surface area (Å²) in [5.41, 5.74) is 0.892. The molecule has 0 aliphatic heterocycles. The number of benzene rings is 1. The predicted octanol–water partition coefficient (Wildman–Crippen LogP) is 1.23. The summed E-state index contributed by atoms with van der Waals surface area (Å²) in [6.07, 6.45) is 1.81. The predicted molar refractivity (Wildman–Crippen MR) is 82.1 cm³/mol. The van der Waals surface area contributed by atoms with E-state index in [-0.39, 0.29) is 21.3 Å². The minimum atomic E-state index is -0.354. The third-order valence-corrected chi connectivity index (χ3v) is 5.87. The molecular formula is C14H11AsClN3O. The van der Waals surface area contributed by atoms with Crippen LogP contribution in [0.2, 0.25) is 5.15 Å². The molecule has 0 bridgehead atoms. The van der Waals surface area contributed by atoms with Crippen LogP contribution in [0.15, 0.2) is 47.4 Å². The molecule has 0 aliphatic carbocycles. The SMILES string of the molecule is O=c1[nH]nc(Cl)c2cc([AsH]Cc3ccccn3)ccc12. The van der Waals surface area contributed by atoms with Crippen molar-refractivity contribution in [3.05, 3.63) is 63.8 Å². The number of aromatic amines is 1. The molecule has 0 radical (unpaired) electrons. The summed E-state index contributed by atoms with van der Waals surface area (Å²) in [5.74, 6) is 0. The van der Waals surface area contributed by atoms with E-state index >= 15 is 0 Å². The summed E-state index contributed by atoms with van der Waals surface area (Å²) in [6, 6.07) is 11.7. The Labute approximate surface area is 126 Å². The zero-order valence-corrected chi connectivity index (χ0v) is 13.3. The van der Waals surface area contributed by atoms with Gasteiger partial charge in [0, 0.05) is 0 Å². The number of hydrogen-bond donors (Lipinski definition) is 1. The van der Waals surface area contributed by atoms with Gasteiger partial charge in [0.1, 0.15) is 0 Å². The van der Waals surface area contributed by atoms with E-state index in [1.807, 2.05) is 42.6 Å². The third kappa shape index (κ3) is 2.76. The second kappa shape index (κ2) is 5.78. The van der Waals surface area contributed by atoms with Crippen molar-refractivity contribution in [1.82, 2.24) is 15.2 Å². The van der Waals surface area contributed by atoms with Gasteiger partial charge in [0.25, 0.3) is 0 Å². The van der Waals surface area contributed by atoms with Gasteiger partial charge < -0.3 is 0 Å². The van der Waals surface area contributed by atoms with Crippen LogP contribution in [-0.4, -0.2) is 30.9 Å². The van der Waals surface area contributed by atoms with Crippen LogP contribution in [-0.2, 0) is 5.21 Å². The van der Waals surface area contributed by atoms with Crippen LogP contribution in [0.1, 0.15) is 5.69 Å². The van der Waals surface area contributed by atoms with Gasteiger partial charge in [-0.1, -0.05) is 0 Å². The van der Waals surface area contributed by atoms with Crippen molar-refractivity contribution in [2.45, 2.75) is 5.21 Å². The number of halogens is 1. The molecule has 2 heterocycles. The first-order valence-corrected chi connectivity index (χ1v) is 8.97. The van der Waals surface area contributed by atoms with Crippen molar-refractivity contribution in [2.24, 2.45) is 0 Å². The van der Waals surface area contributed by atoms with Crippen LogP contribution in [0, 0.1) is 0 Å². The maximum atomic E-state index is 11.6. The molecule has 3 aromatic rings. The summed E-state index contributed by atoms with van der Waals surface area (Å²) in [5, 5.41) is 8.79. The molecule has 0 amide bonds. The van der Waals surface area contributed by atoms with E-state index < -0.39 is 0 Å². The first-order valence-electron chi connectivity index (χ1n) is 6.06. The Morgan fingerprint density at radius 3 is 2.90 bits per heavy atom. The average molecular weight is 348 g/mol. The molecule has 0 spiro atoms. The Hall–Kier alpha value is -1.64. The summed E-state index contributed by atoms with van der Waals surface area (Å²) in [6.45, 7) is 0. The molecular weight excluding hydrogens is 337 g/mol. The van der Waals surface area contributed by atoms with E-state index in [1.54, 1.807) is 0 Å². The van der Waals surface area contributed by atoms with E-state index in [4.69, 9.17) is 11.6 Å². The van der Waals surface area contributed by atoms with E-state index in [9.17, 15) is 4.79 Å². The normalized spacial score (nSPS) is 11.4. The Morgan fingerprint density at radius 2 is 2.10 bits per heavy atom. The second-order valence-corrected chi connectivity index (χ2v) is 7.33. The average Bonchev–Trinajstić information content (AvgIpc) is 2.50. The fourth-order valence-electron chi connectivity index (χ4n) is 1.94. The molecule has 4 nitrogen and oxygen atoms in total. The molecule has 0 saturated heterocycles. The molecule has 6 heteroatoms. The van der Waals surface area contributed by atoms with Crippen LogP contribution >= 0.6 is 11.6 Å². The number of fused-ring (bicyclic) bond motifs is 1. The van der Waals surface area contributed by atoms with Crippen LogP contribution < -0.4 is 9.91 Å². The molecule has 1 N–H and O–H groups in total. The van der Waals surface area contributed by atoms with Crippen LogP contribution in [0.5, 0.6) is 0 Å². The first kappa shape index (κ1) is 13.3. The number of nitrogens with zero attached hydrogens (tertiary/aromatic N) is 2. The molecule has 20 heavy (non-hydrogen) atoms. The number of nitrogens with one attached hydrogen (secondary N) is 1. The van der Waals surface area contributed by atoms with Crippen molar-refractivity contribution in [1.29, 1.82) is 0 Å². The number of hydrogen-bond acceptors (Lipinski definition) is 3. The molecule has 3 rings (SSSR count). The summed E-state index contributed by atoms with van der Waals surface area (Å²) < 4.78 is 1.23. The molecule has 0 saturated carbocycles. The van der Waals surface area contributed by atoms with Crippen LogP contribution in [0.25, 0.3) is 10.8 Å². The Bertz CT molecular complexity index is 804. The van der Waals surface area contributed by atoms with Gasteiger partial charge in [0.15, 0.2) is 0 Å². The van der Waals surface area contributed by atoms with Gasteiger partial charge in [-0.15, -0.1) is 0 Å². The van der Waals surface area contributed by atoms with Crippen molar-refractivity contribution in [3.8, 4) is 0 Å². The van der Waals surface area contributed by atoms with Crippen molar-refractivity contribution < 1.29 is 0 Å². The van der Waals surface area contributed by atoms with Gasteiger partial charge >= 0.3 is 127 Å². The number of rotatable bonds is 3. The fourth-order valence-corrected chi connectivity index (χ4v) is 4.32. The molecule has 1 aromatic carbocycles. The van der Waals surface area contributed by atoms with Crippen molar-refractivity contribution >= 4 is 42.5 Å². The van der Waals surface area contributed by atoms with Gasteiger partial charge in [0.2, 0.25) is 0 Å². The molecule has 1 atom stereocenters. The zero-order valence-electron chi connectivity index (χ0n) is 10.4. The molecule has 0 aliphatic rings. The van der Waals surface area contributed by atoms with E-state index in [1.165, 1.54) is 4.35 Å². The van der Waals surface area contributed by atoms with Gasteiger partial charge in [-0.2, -0.15) is 0 Å². The van der Waals surface area contributed by atoms with Crippen LogP contribution in [0.3, 0.4) is 0 Å². The van der Waals surface area contributed by atoms with Gasteiger partial charge in [-0.3, -0.25) is 0 Å². The fraction of sp³-hybridized carbons (Fsp3) is 0.0714. The van der Waals surface area contributed by atoms with E-state index in [2.05, 4.69) is 15.2 Å². The minimum absolute atomic E-state index is 0.208. The van der Waals surface area contributed by atoms with Crippen molar-refractivity contribution in [3.63, 3.8) is 0 Å². The Balaban J connectivity index is 1.90. The summed E-state index contributed by atoms with van der Waals surface area (Å²) in [7, 11) is 0. The Morgan fingerprint density at radius 1 is 1.20 bits per heavy atom. The van der Waals surface area contributed by atoms with Gasteiger partial charge in [-0.05, 0) is 0 Å². The quantitative estimate of drug-likeness (QED) is 0.725. The second-order valence-electron chi connectivity index (χ2n) is 4.28.